The topological polar surface area (TPSA) is 61.6 Å². The maximum atomic E-state index is 10.9. The maximum absolute atomic E-state index is 10.9. The first kappa shape index (κ1) is 8.86. The Labute approximate surface area is 76.6 Å². The Hall–Kier alpha value is -0.720. The van der Waals surface area contributed by atoms with E-state index in [9.17, 15) is 10.1 Å². The van der Waals surface area contributed by atoms with E-state index < -0.39 is 5.54 Å². The summed E-state index contributed by atoms with van der Waals surface area (Å²) in [7, 11) is 1.93. The van der Waals surface area contributed by atoms with Crippen molar-refractivity contribution in [2.45, 2.75) is 5.54 Å². The second-order valence-electron chi connectivity index (χ2n) is 4.05. The van der Waals surface area contributed by atoms with Crippen LogP contribution in [0.15, 0.2) is 0 Å². The van der Waals surface area contributed by atoms with Crippen LogP contribution in [-0.2, 0) is 0 Å². The van der Waals surface area contributed by atoms with E-state index in [4.69, 9.17) is 0 Å². The third kappa shape index (κ3) is 1.41. The van der Waals surface area contributed by atoms with Crippen LogP contribution in [0.3, 0.4) is 0 Å². The Morgan fingerprint density at radius 1 is 1.54 bits per heavy atom. The lowest BCUT2D eigenvalue weighted by Gasteiger charge is -2.44. The minimum absolute atomic E-state index is 0.137. The molecule has 2 saturated heterocycles. The molecule has 6 nitrogen and oxygen atoms in total. The molecular weight excluding hydrogens is 172 g/mol. The van der Waals surface area contributed by atoms with E-state index in [1.54, 1.807) is 0 Å². The fraction of sp³-hybridized carbons (Fsp3) is 1.00. The molecule has 2 rings (SSSR count). The Bertz CT molecular complexity index is 231. The molecule has 0 amide bonds. The molecule has 2 bridgehead atoms. The Balaban J connectivity index is 2.20. The summed E-state index contributed by atoms with van der Waals surface area (Å²) in [6.07, 6.45) is 0. The first-order valence-corrected chi connectivity index (χ1v) is 4.38. The Morgan fingerprint density at radius 2 is 2.31 bits per heavy atom. The molecule has 2 aliphatic rings. The lowest BCUT2D eigenvalue weighted by atomic mass is 9.95. The minimum atomic E-state index is -0.786. The molecule has 0 aliphatic carbocycles. The lowest BCUT2D eigenvalue weighted by molar-refractivity contribution is -0.576. The van der Waals surface area contributed by atoms with Crippen molar-refractivity contribution >= 4 is 0 Å². The predicted octanol–water partition coefficient (Wildman–Crippen LogP) is -1.23. The van der Waals surface area contributed by atoms with E-state index in [2.05, 4.69) is 10.2 Å². The van der Waals surface area contributed by atoms with Gasteiger partial charge in [-0.2, -0.15) is 0 Å². The summed E-state index contributed by atoms with van der Waals surface area (Å²) in [5.41, 5.74) is -0.786. The zero-order chi connectivity index (χ0) is 9.47. The van der Waals surface area contributed by atoms with Gasteiger partial charge in [0.05, 0.1) is 26.3 Å². The molecule has 0 spiro atoms. The molecule has 2 aliphatic heterocycles. The Kier molecular flexibility index (Phi) is 1.98. The zero-order valence-electron chi connectivity index (χ0n) is 7.69. The molecule has 1 N–H and O–H groups in total. The molecule has 13 heavy (non-hydrogen) atoms. The second kappa shape index (κ2) is 2.90. The highest BCUT2D eigenvalue weighted by Gasteiger charge is 2.50. The van der Waals surface area contributed by atoms with Gasteiger partial charge in [0.15, 0.2) is 0 Å². The predicted molar refractivity (Wildman–Crippen MR) is 46.8 cm³/mol. The second-order valence-corrected chi connectivity index (χ2v) is 4.05. The van der Waals surface area contributed by atoms with Crippen LogP contribution in [0.1, 0.15) is 0 Å². The van der Waals surface area contributed by atoms with E-state index in [1.807, 2.05) is 11.9 Å². The van der Waals surface area contributed by atoms with Gasteiger partial charge in [-0.3, -0.25) is 25.2 Å². The lowest BCUT2D eigenvalue weighted by Crippen LogP contribution is -2.70. The molecule has 0 aromatic rings. The van der Waals surface area contributed by atoms with E-state index in [-0.39, 0.29) is 4.92 Å². The van der Waals surface area contributed by atoms with Gasteiger partial charge in [-0.25, -0.2) is 0 Å². The fourth-order valence-corrected chi connectivity index (χ4v) is 2.25. The van der Waals surface area contributed by atoms with Crippen molar-refractivity contribution in [3.8, 4) is 0 Å². The molecule has 0 aromatic carbocycles. The van der Waals surface area contributed by atoms with Gasteiger partial charge >= 0.3 is 0 Å². The van der Waals surface area contributed by atoms with Gasteiger partial charge in [-0.15, -0.1) is 0 Å². The van der Waals surface area contributed by atoms with E-state index >= 15 is 0 Å². The summed E-state index contributed by atoms with van der Waals surface area (Å²) >= 11 is 0. The van der Waals surface area contributed by atoms with Gasteiger partial charge in [-0.1, -0.05) is 0 Å². The number of likely N-dealkylation sites (N-methyl/N-ethyl adjacent to an activating group) is 1. The van der Waals surface area contributed by atoms with Gasteiger partial charge in [0.1, 0.15) is 0 Å². The minimum Gasteiger partial charge on any atom is -0.297 e. The van der Waals surface area contributed by atoms with Crippen LogP contribution in [0.25, 0.3) is 0 Å². The van der Waals surface area contributed by atoms with Crippen molar-refractivity contribution in [2.75, 3.05) is 40.0 Å². The zero-order valence-corrected chi connectivity index (χ0v) is 7.69. The van der Waals surface area contributed by atoms with Crippen molar-refractivity contribution in [3.63, 3.8) is 0 Å². The normalized spacial score (nSPS) is 40.2. The van der Waals surface area contributed by atoms with Crippen molar-refractivity contribution in [1.82, 2.24) is 15.1 Å². The van der Waals surface area contributed by atoms with Gasteiger partial charge < -0.3 is 0 Å². The number of rotatable bonds is 1. The standard InChI is InChI=1S/C7H14N4O2/c1-9-3-7(11(12)13)2-8-5-10(4-7)6-9/h8H,2-6H2,1H3/t7-/m1/s1. The van der Waals surface area contributed by atoms with Crippen molar-refractivity contribution in [2.24, 2.45) is 0 Å². The van der Waals surface area contributed by atoms with E-state index in [1.165, 1.54) is 0 Å². The summed E-state index contributed by atoms with van der Waals surface area (Å²) < 4.78 is 0. The van der Waals surface area contributed by atoms with Crippen LogP contribution >= 0.6 is 0 Å². The summed E-state index contributed by atoms with van der Waals surface area (Å²) in [4.78, 5) is 14.9. The third-order valence-electron chi connectivity index (χ3n) is 2.70. The average Bonchev–Trinajstić information content (AvgIpc) is 2.02. The Morgan fingerprint density at radius 3 is 3.00 bits per heavy atom. The number of nitrogens with one attached hydrogen (secondary N) is 1. The number of fused-ring (bicyclic) bond motifs is 2. The molecule has 0 saturated carbocycles. The van der Waals surface area contributed by atoms with Crippen LogP contribution in [0.2, 0.25) is 0 Å². The molecule has 0 aromatic heterocycles. The summed E-state index contributed by atoms with van der Waals surface area (Å²) in [5, 5.41) is 14.0. The van der Waals surface area contributed by atoms with Crippen molar-refractivity contribution in [1.29, 1.82) is 0 Å². The fourth-order valence-electron chi connectivity index (χ4n) is 2.25. The first-order chi connectivity index (χ1) is 6.12. The molecule has 74 valence electrons. The molecule has 2 atom stereocenters. The highest BCUT2D eigenvalue weighted by Crippen LogP contribution is 2.20. The quantitative estimate of drug-likeness (QED) is 0.410. The van der Waals surface area contributed by atoms with Gasteiger partial charge in [0.2, 0.25) is 0 Å². The highest BCUT2D eigenvalue weighted by molar-refractivity contribution is 4.94. The van der Waals surface area contributed by atoms with E-state index in [0.717, 1.165) is 13.3 Å². The number of nitrogens with zero attached hydrogens (tertiary/aromatic N) is 3. The van der Waals surface area contributed by atoms with Crippen molar-refractivity contribution in [3.05, 3.63) is 10.1 Å². The smallest absolute Gasteiger partial charge is 0.259 e. The van der Waals surface area contributed by atoms with Crippen molar-refractivity contribution < 1.29 is 4.92 Å². The molecule has 2 heterocycles. The third-order valence-corrected chi connectivity index (χ3v) is 2.70. The van der Waals surface area contributed by atoms with Gasteiger partial charge in [0.25, 0.3) is 5.54 Å². The van der Waals surface area contributed by atoms with Crippen LogP contribution in [-0.4, -0.2) is 60.3 Å². The summed E-state index contributed by atoms with van der Waals surface area (Å²) in [5.74, 6) is 0. The first-order valence-electron chi connectivity index (χ1n) is 4.38. The number of hydrogen-bond donors (Lipinski definition) is 1. The molecular formula is C7H14N4O2. The van der Waals surface area contributed by atoms with E-state index in [0.29, 0.717) is 19.6 Å². The highest BCUT2D eigenvalue weighted by atomic mass is 16.6. The van der Waals surface area contributed by atoms with Crippen LogP contribution in [0.4, 0.5) is 0 Å². The van der Waals surface area contributed by atoms with Crippen LogP contribution in [0.5, 0.6) is 0 Å². The van der Waals surface area contributed by atoms with Gasteiger partial charge in [-0.05, 0) is 7.05 Å². The van der Waals surface area contributed by atoms with Crippen LogP contribution in [0, 0.1) is 10.1 Å². The summed E-state index contributed by atoms with van der Waals surface area (Å²) in [6.45, 7) is 3.20. The SMILES string of the molecule is CN1CN2CNC[C@@]([N+](=O)[O-])(C1)C2. The largest absolute Gasteiger partial charge is 0.297 e. The monoisotopic (exact) mass is 186 g/mol. The number of nitro groups is 1. The average molecular weight is 186 g/mol. The van der Waals surface area contributed by atoms with Gasteiger partial charge in [0, 0.05) is 11.6 Å². The molecule has 6 heteroatoms. The maximum Gasteiger partial charge on any atom is 0.259 e. The molecule has 2 fully saturated rings. The molecule has 0 radical (unpaired) electrons. The number of hydrogen-bond acceptors (Lipinski definition) is 5. The van der Waals surface area contributed by atoms with Crippen LogP contribution < -0.4 is 5.32 Å². The summed E-state index contributed by atoms with van der Waals surface area (Å²) in [6, 6.07) is 0. The molecule has 1 unspecified atom stereocenters.